The van der Waals surface area contributed by atoms with Gasteiger partial charge in [-0.05, 0) is 66.7 Å². The lowest BCUT2D eigenvalue weighted by Gasteiger charge is -2.12. The summed E-state index contributed by atoms with van der Waals surface area (Å²) < 4.78 is 15.9. The molecule has 162 valence electrons. The molecule has 0 spiro atoms. The first-order valence-electron chi connectivity index (χ1n) is 9.45. The van der Waals surface area contributed by atoms with E-state index in [0.29, 0.717) is 35.1 Å². The molecule has 1 saturated heterocycles. The van der Waals surface area contributed by atoms with Crippen molar-refractivity contribution >= 4 is 40.6 Å². The fourth-order valence-electron chi connectivity index (χ4n) is 2.85. The smallest absolute Gasteiger partial charge is 0.294 e. The number of methoxy groups -OCH3 is 2. The van der Waals surface area contributed by atoms with Crippen molar-refractivity contribution in [2.45, 2.75) is 6.92 Å². The lowest BCUT2D eigenvalue weighted by molar-refractivity contribution is -0.127. The van der Waals surface area contributed by atoms with Crippen LogP contribution in [0.3, 0.4) is 0 Å². The Morgan fingerprint density at radius 2 is 1.81 bits per heavy atom. The zero-order chi connectivity index (χ0) is 22.4. The molecule has 2 aromatic rings. The summed E-state index contributed by atoms with van der Waals surface area (Å²) in [5.41, 5.74) is 1.21. The van der Waals surface area contributed by atoms with Crippen molar-refractivity contribution in [1.82, 2.24) is 4.90 Å². The number of ether oxygens (including phenoxy) is 3. The Hall–Kier alpha value is -3.46. The minimum atomic E-state index is -0.521. The number of imide groups is 1. The molecule has 0 saturated carbocycles. The average molecular weight is 442 g/mol. The Balaban J connectivity index is 1.69. The maximum atomic E-state index is 12.7. The molecule has 8 nitrogen and oxygen atoms in total. The molecule has 9 heteroatoms. The molecule has 0 unspecified atom stereocenters. The molecule has 0 radical (unpaired) electrons. The van der Waals surface area contributed by atoms with Crippen molar-refractivity contribution in [2.75, 3.05) is 32.7 Å². The Morgan fingerprint density at radius 1 is 1.06 bits per heavy atom. The zero-order valence-electron chi connectivity index (χ0n) is 17.3. The molecular formula is C22H22N2O6S. The number of benzene rings is 2. The van der Waals surface area contributed by atoms with E-state index >= 15 is 0 Å². The van der Waals surface area contributed by atoms with Gasteiger partial charge in [-0.25, -0.2) is 0 Å². The highest BCUT2D eigenvalue weighted by Gasteiger charge is 2.36. The normalized spacial score (nSPS) is 14.7. The summed E-state index contributed by atoms with van der Waals surface area (Å²) in [5.74, 6) is 0.767. The Morgan fingerprint density at radius 3 is 2.45 bits per heavy atom. The second kappa shape index (κ2) is 10.0. The van der Waals surface area contributed by atoms with Gasteiger partial charge in [0, 0.05) is 5.69 Å². The van der Waals surface area contributed by atoms with Crippen LogP contribution < -0.4 is 19.5 Å². The zero-order valence-corrected chi connectivity index (χ0v) is 18.2. The van der Waals surface area contributed by atoms with E-state index < -0.39 is 17.1 Å². The number of rotatable bonds is 8. The van der Waals surface area contributed by atoms with E-state index in [1.54, 1.807) is 55.7 Å². The van der Waals surface area contributed by atoms with Gasteiger partial charge in [-0.2, -0.15) is 0 Å². The van der Waals surface area contributed by atoms with Gasteiger partial charge < -0.3 is 19.5 Å². The lowest BCUT2D eigenvalue weighted by Crippen LogP contribution is -2.36. The van der Waals surface area contributed by atoms with E-state index in [1.807, 2.05) is 6.92 Å². The van der Waals surface area contributed by atoms with E-state index in [9.17, 15) is 14.4 Å². The van der Waals surface area contributed by atoms with Gasteiger partial charge in [-0.1, -0.05) is 6.07 Å². The molecule has 1 aliphatic heterocycles. The maximum absolute atomic E-state index is 12.7. The van der Waals surface area contributed by atoms with Crippen LogP contribution in [0.25, 0.3) is 6.08 Å². The van der Waals surface area contributed by atoms with Crippen LogP contribution in [0, 0.1) is 0 Å². The average Bonchev–Trinajstić information content (AvgIpc) is 3.02. The lowest BCUT2D eigenvalue weighted by atomic mass is 10.2. The Bertz CT molecular complexity index is 1020. The summed E-state index contributed by atoms with van der Waals surface area (Å²) in [6.07, 6.45) is 1.59. The number of hydrogen-bond donors (Lipinski definition) is 1. The number of nitrogens with zero attached hydrogens (tertiary/aromatic N) is 1. The standard InChI is InChI=1S/C22H22N2O6S/c1-4-30-17-10-5-14(11-18(17)29-3)12-19-21(26)24(22(27)31-19)13-20(25)23-15-6-8-16(28-2)9-7-15/h5-12H,4,13H2,1-3H3,(H,23,25)/b19-12+. The predicted molar refractivity (Wildman–Crippen MR) is 118 cm³/mol. The fourth-order valence-corrected chi connectivity index (χ4v) is 3.69. The van der Waals surface area contributed by atoms with Crippen molar-refractivity contribution in [2.24, 2.45) is 0 Å². The highest BCUT2D eigenvalue weighted by Crippen LogP contribution is 2.34. The van der Waals surface area contributed by atoms with Crippen molar-refractivity contribution in [1.29, 1.82) is 0 Å². The van der Waals surface area contributed by atoms with E-state index in [4.69, 9.17) is 14.2 Å². The first-order chi connectivity index (χ1) is 14.9. The first-order valence-corrected chi connectivity index (χ1v) is 10.3. The van der Waals surface area contributed by atoms with Gasteiger partial charge in [0.15, 0.2) is 11.5 Å². The number of amides is 3. The number of anilines is 1. The number of nitrogens with one attached hydrogen (secondary N) is 1. The molecule has 1 aliphatic rings. The van der Waals surface area contributed by atoms with Crippen LogP contribution in [0.15, 0.2) is 47.4 Å². The molecule has 31 heavy (non-hydrogen) atoms. The molecule has 0 atom stereocenters. The summed E-state index contributed by atoms with van der Waals surface area (Å²) in [5, 5.41) is 2.16. The molecule has 3 rings (SSSR count). The van der Waals surface area contributed by atoms with Crippen LogP contribution in [0.1, 0.15) is 12.5 Å². The number of carbonyl (C=O) groups excluding carboxylic acids is 3. The number of thioether (sulfide) groups is 1. The van der Waals surface area contributed by atoms with Crippen LogP contribution in [0.4, 0.5) is 10.5 Å². The summed E-state index contributed by atoms with van der Waals surface area (Å²) >= 11 is 0.788. The van der Waals surface area contributed by atoms with Gasteiger partial charge in [-0.3, -0.25) is 19.3 Å². The van der Waals surface area contributed by atoms with E-state index in [0.717, 1.165) is 16.7 Å². The van der Waals surface area contributed by atoms with Gasteiger partial charge in [0.05, 0.1) is 25.7 Å². The maximum Gasteiger partial charge on any atom is 0.294 e. The van der Waals surface area contributed by atoms with Gasteiger partial charge in [0.1, 0.15) is 12.3 Å². The Labute approximate surface area is 184 Å². The van der Waals surface area contributed by atoms with Crippen molar-refractivity contribution in [3.8, 4) is 17.2 Å². The van der Waals surface area contributed by atoms with Crippen molar-refractivity contribution in [3.05, 3.63) is 52.9 Å². The highest BCUT2D eigenvalue weighted by atomic mass is 32.2. The summed E-state index contributed by atoms with van der Waals surface area (Å²) in [4.78, 5) is 38.4. The summed E-state index contributed by atoms with van der Waals surface area (Å²) in [6.45, 7) is 1.99. The van der Waals surface area contributed by atoms with Crippen molar-refractivity contribution in [3.63, 3.8) is 0 Å². The molecular weight excluding hydrogens is 420 g/mol. The molecule has 0 aliphatic carbocycles. The summed E-state index contributed by atoms with van der Waals surface area (Å²) in [7, 11) is 3.07. The van der Waals surface area contributed by atoms with E-state index in [-0.39, 0.29) is 11.4 Å². The molecule has 0 aromatic heterocycles. The molecule has 1 heterocycles. The highest BCUT2D eigenvalue weighted by molar-refractivity contribution is 8.18. The third kappa shape index (κ3) is 5.37. The third-order valence-corrected chi connectivity index (χ3v) is 5.24. The molecule has 1 fully saturated rings. The third-order valence-electron chi connectivity index (χ3n) is 4.33. The second-order valence-electron chi connectivity index (χ2n) is 6.39. The van der Waals surface area contributed by atoms with Crippen LogP contribution in [-0.2, 0) is 9.59 Å². The largest absolute Gasteiger partial charge is 0.497 e. The Kier molecular flexibility index (Phi) is 7.19. The summed E-state index contributed by atoms with van der Waals surface area (Å²) in [6, 6.07) is 12.0. The van der Waals surface area contributed by atoms with E-state index in [1.165, 1.54) is 7.11 Å². The van der Waals surface area contributed by atoms with Gasteiger partial charge >= 0.3 is 0 Å². The van der Waals surface area contributed by atoms with Gasteiger partial charge in [-0.15, -0.1) is 0 Å². The van der Waals surface area contributed by atoms with Crippen LogP contribution in [0.5, 0.6) is 17.2 Å². The van der Waals surface area contributed by atoms with Gasteiger partial charge in [0.2, 0.25) is 5.91 Å². The van der Waals surface area contributed by atoms with E-state index in [2.05, 4.69) is 5.32 Å². The number of hydrogen-bond acceptors (Lipinski definition) is 7. The van der Waals surface area contributed by atoms with Gasteiger partial charge in [0.25, 0.3) is 11.1 Å². The fraction of sp³-hybridized carbons (Fsp3) is 0.227. The minimum Gasteiger partial charge on any atom is -0.497 e. The first kappa shape index (κ1) is 22.2. The second-order valence-corrected chi connectivity index (χ2v) is 7.38. The predicted octanol–water partition coefficient (Wildman–Crippen LogP) is 3.78. The topological polar surface area (TPSA) is 94.2 Å². The minimum absolute atomic E-state index is 0.230. The van der Waals surface area contributed by atoms with Crippen LogP contribution >= 0.6 is 11.8 Å². The molecule has 2 aromatic carbocycles. The van der Waals surface area contributed by atoms with Crippen LogP contribution in [0.2, 0.25) is 0 Å². The molecule has 1 N–H and O–H groups in total. The van der Waals surface area contributed by atoms with Crippen LogP contribution in [-0.4, -0.2) is 49.3 Å². The quantitative estimate of drug-likeness (QED) is 0.622. The molecule has 3 amide bonds. The monoisotopic (exact) mass is 442 g/mol. The van der Waals surface area contributed by atoms with Crippen molar-refractivity contribution < 1.29 is 28.6 Å². The molecule has 0 bridgehead atoms. The number of carbonyl (C=O) groups is 3. The SMILES string of the molecule is CCOc1ccc(/C=C2/SC(=O)N(CC(=O)Nc3ccc(OC)cc3)C2=O)cc1OC.